The van der Waals surface area contributed by atoms with Crippen molar-refractivity contribution in [2.24, 2.45) is 5.73 Å². The predicted octanol–water partition coefficient (Wildman–Crippen LogP) is 1.34. The number of aliphatic carboxylic acids is 1. The molecule has 0 heterocycles. The van der Waals surface area contributed by atoms with Crippen LogP contribution in [-0.4, -0.2) is 36.5 Å². The van der Waals surface area contributed by atoms with E-state index in [2.05, 4.69) is 35.8 Å². The maximum Gasteiger partial charge on any atom is 0.320 e. The van der Waals surface area contributed by atoms with E-state index in [1.165, 1.54) is 10.5 Å². The highest BCUT2D eigenvalue weighted by Crippen LogP contribution is 2.14. The van der Waals surface area contributed by atoms with E-state index < -0.39 is 12.0 Å². The van der Waals surface area contributed by atoms with Crippen molar-refractivity contribution in [1.82, 2.24) is 5.32 Å². The van der Waals surface area contributed by atoms with E-state index in [1.54, 1.807) is 11.8 Å². The van der Waals surface area contributed by atoms with Crippen LogP contribution in [0, 0.1) is 0 Å². The molecule has 0 saturated carbocycles. The molecule has 0 aliphatic rings. The number of nitrogens with one attached hydrogen (secondary N) is 1. The van der Waals surface area contributed by atoms with E-state index in [0.29, 0.717) is 13.0 Å². The van der Waals surface area contributed by atoms with Gasteiger partial charge in [0.15, 0.2) is 0 Å². The molecular weight excluding hydrogens is 248 g/mol. The van der Waals surface area contributed by atoms with Gasteiger partial charge in [0.25, 0.3) is 0 Å². The molecule has 4 N–H and O–H groups in total. The van der Waals surface area contributed by atoms with Gasteiger partial charge < -0.3 is 16.2 Å². The quantitative estimate of drug-likeness (QED) is 0.490. The topological polar surface area (TPSA) is 75.3 Å². The minimum absolute atomic E-state index is 0.459. The molecule has 0 aromatic heterocycles. The highest BCUT2D eigenvalue weighted by molar-refractivity contribution is 7.98. The normalized spacial score (nSPS) is 12.3. The van der Waals surface area contributed by atoms with Crippen LogP contribution in [0.2, 0.25) is 0 Å². The van der Waals surface area contributed by atoms with E-state index in [-0.39, 0.29) is 0 Å². The molecule has 1 unspecified atom stereocenters. The third kappa shape index (κ3) is 5.53. The first-order chi connectivity index (χ1) is 8.63. The molecule has 0 spiro atoms. The van der Waals surface area contributed by atoms with Crippen molar-refractivity contribution < 1.29 is 9.90 Å². The Bertz CT molecular complexity index is 368. The van der Waals surface area contributed by atoms with Gasteiger partial charge in [0.1, 0.15) is 6.04 Å². The number of carbonyl (C=O) groups is 1. The Balaban J connectivity index is 2.15. The Hall–Kier alpha value is -1.04. The fourth-order valence-corrected chi connectivity index (χ4v) is 1.94. The van der Waals surface area contributed by atoms with E-state index in [1.807, 2.05) is 0 Å². The Morgan fingerprint density at radius 3 is 2.61 bits per heavy atom. The molecule has 0 aliphatic carbocycles. The summed E-state index contributed by atoms with van der Waals surface area (Å²) >= 11 is 1.73. The molecule has 1 rings (SSSR count). The highest BCUT2D eigenvalue weighted by Gasteiger charge is 2.09. The fraction of sp³-hybridized carbons (Fsp3) is 0.462. The molecule has 0 bridgehead atoms. The predicted molar refractivity (Wildman–Crippen MR) is 75.0 cm³/mol. The largest absolute Gasteiger partial charge is 0.480 e. The van der Waals surface area contributed by atoms with Crippen LogP contribution in [0.1, 0.15) is 12.0 Å². The van der Waals surface area contributed by atoms with Gasteiger partial charge in [-0.25, -0.2) is 0 Å². The molecule has 5 heteroatoms. The molecule has 100 valence electrons. The molecule has 0 saturated heterocycles. The molecule has 0 radical (unpaired) electrons. The molecular formula is C13H20N2O2S. The van der Waals surface area contributed by atoms with Crippen LogP contribution in [-0.2, 0) is 11.2 Å². The molecule has 1 aromatic carbocycles. The zero-order chi connectivity index (χ0) is 13.4. The second-order valence-electron chi connectivity index (χ2n) is 4.08. The summed E-state index contributed by atoms with van der Waals surface area (Å²) in [6, 6.07) is 7.70. The van der Waals surface area contributed by atoms with Gasteiger partial charge >= 0.3 is 5.97 Å². The maximum absolute atomic E-state index is 10.5. The van der Waals surface area contributed by atoms with E-state index >= 15 is 0 Å². The third-order valence-corrected chi connectivity index (χ3v) is 3.44. The van der Waals surface area contributed by atoms with E-state index in [0.717, 1.165) is 13.0 Å². The summed E-state index contributed by atoms with van der Waals surface area (Å²) in [6.07, 6.45) is 3.46. The maximum atomic E-state index is 10.5. The summed E-state index contributed by atoms with van der Waals surface area (Å²) < 4.78 is 0. The van der Waals surface area contributed by atoms with Gasteiger partial charge in [-0.15, -0.1) is 11.8 Å². The summed E-state index contributed by atoms with van der Waals surface area (Å²) in [5.41, 5.74) is 6.68. The van der Waals surface area contributed by atoms with Gasteiger partial charge in [-0.05, 0) is 49.9 Å². The van der Waals surface area contributed by atoms with Crippen LogP contribution in [0.3, 0.4) is 0 Å². The minimum atomic E-state index is -0.940. The summed E-state index contributed by atoms with van der Waals surface area (Å²) in [5, 5.41) is 11.8. The highest BCUT2D eigenvalue weighted by atomic mass is 32.2. The van der Waals surface area contributed by atoms with Crippen LogP contribution in [0.5, 0.6) is 0 Å². The second-order valence-corrected chi connectivity index (χ2v) is 4.96. The number of benzene rings is 1. The second kappa shape index (κ2) is 8.13. The van der Waals surface area contributed by atoms with Crippen LogP contribution >= 0.6 is 11.8 Å². The van der Waals surface area contributed by atoms with Gasteiger partial charge in [-0.1, -0.05) is 12.1 Å². The van der Waals surface area contributed by atoms with Gasteiger partial charge in [-0.3, -0.25) is 4.79 Å². The Morgan fingerprint density at radius 2 is 2.06 bits per heavy atom. The number of thioether (sulfide) groups is 1. The lowest BCUT2D eigenvalue weighted by Gasteiger charge is -2.08. The lowest BCUT2D eigenvalue weighted by atomic mass is 10.1. The Morgan fingerprint density at radius 1 is 1.39 bits per heavy atom. The first-order valence-corrected chi connectivity index (χ1v) is 7.18. The van der Waals surface area contributed by atoms with Crippen molar-refractivity contribution >= 4 is 17.7 Å². The lowest BCUT2D eigenvalue weighted by molar-refractivity contribution is -0.138. The monoisotopic (exact) mass is 268 g/mol. The van der Waals surface area contributed by atoms with Crippen molar-refractivity contribution in [2.75, 3.05) is 19.3 Å². The first-order valence-electron chi connectivity index (χ1n) is 5.95. The number of rotatable bonds is 8. The Labute approximate surface area is 112 Å². The van der Waals surface area contributed by atoms with Crippen LogP contribution in [0.15, 0.2) is 29.2 Å². The van der Waals surface area contributed by atoms with Crippen molar-refractivity contribution in [2.45, 2.75) is 23.8 Å². The summed E-state index contributed by atoms with van der Waals surface area (Å²) in [4.78, 5) is 11.8. The van der Waals surface area contributed by atoms with Gasteiger partial charge in [0.2, 0.25) is 0 Å². The number of hydrogen-bond donors (Lipinski definition) is 3. The lowest BCUT2D eigenvalue weighted by Crippen LogP contribution is -2.34. The molecule has 1 atom stereocenters. The van der Waals surface area contributed by atoms with E-state index in [9.17, 15) is 4.79 Å². The molecule has 0 aliphatic heterocycles. The molecule has 1 aromatic rings. The van der Waals surface area contributed by atoms with Crippen molar-refractivity contribution in [3.63, 3.8) is 0 Å². The van der Waals surface area contributed by atoms with Crippen molar-refractivity contribution in [3.8, 4) is 0 Å². The average molecular weight is 268 g/mol. The number of carboxylic acids is 1. The van der Waals surface area contributed by atoms with Crippen molar-refractivity contribution in [1.29, 1.82) is 0 Å². The molecule has 4 nitrogen and oxygen atoms in total. The van der Waals surface area contributed by atoms with Crippen LogP contribution in [0.4, 0.5) is 0 Å². The fourth-order valence-electron chi connectivity index (χ4n) is 1.53. The summed E-state index contributed by atoms with van der Waals surface area (Å²) in [5.74, 6) is -0.940. The summed E-state index contributed by atoms with van der Waals surface area (Å²) in [7, 11) is 0. The number of carboxylic acid groups (broad SMARTS) is 1. The van der Waals surface area contributed by atoms with Crippen molar-refractivity contribution in [3.05, 3.63) is 29.8 Å². The average Bonchev–Trinajstić information content (AvgIpc) is 2.38. The number of nitrogens with two attached hydrogens (primary N) is 1. The summed E-state index contributed by atoms with van der Waals surface area (Å²) in [6.45, 7) is 1.47. The van der Waals surface area contributed by atoms with Crippen LogP contribution < -0.4 is 11.1 Å². The zero-order valence-corrected chi connectivity index (χ0v) is 11.4. The standard InChI is InChI=1S/C13H20N2O2S/c1-18-11-4-2-10(3-5-11)6-8-15-9-7-12(14)13(16)17/h2-5,12,15H,6-9,14H2,1H3,(H,16,17). The Kier molecular flexibility index (Phi) is 6.78. The molecule has 0 fully saturated rings. The van der Waals surface area contributed by atoms with E-state index in [4.69, 9.17) is 10.8 Å². The van der Waals surface area contributed by atoms with Crippen LogP contribution in [0.25, 0.3) is 0 Å². The van der Waals surface area contributed by atoms with Gasteiger partial charge in [-0.2, -0.15) is 0 Å². The molecule has 0 amide bonds. The zero-order valence-electron chi connectivity index (χ0n) is 10.6. The minimum Gasteiger partial charge on any atom is -0.480 e. The van der Waals surface area contributed by atoms with Gasteiger partial charge in [0, 0.05) is 4.90 Å². The first kappa shape index (κ1) is 15.0. The van der Waals surface area contributed by atoms with Gasteiger partial charge in [0.05, 0.1) is 0 Å². The third-order valence-electron chi connectivity index (χ3n) is 2.70. The smallest absolute Gasteiger partial charge is 0.320 e. The number of hydrogen-bond acceptors (Lipinski definition) is 4. The SMILES string of the molecule is CSc1ccc(CCNCCC(N)C(=O)O)cc1. The molecule has 18 heavy (non-hydrogen) atoms.